The minimum atomic E-state index is 0. The van der Waals surface area contributed by atoms with Crippen molar-refractivity contribution in [1.82, 2.24) is 4.90 Å². The number of hydrogen-bond donors (Lipinski definition) is 0. The fourth-order valence-electron chi connectivity index (χ4n) is 2.54. The summed E-state index contributed by atoms with van der Waals surface area (Å²) in [6, 6.07) is 19.1. The summed E-state index contributed by atoms with van der Waals surface area (Å²) in [5, 5.41) is 0. The molecule has 0 heterocycles. The van der Waals surface area contributed by atoms with Crippen molar-refractivity contribution < 1.29 is 4.74 Å². The van der Waals surface area contributed by atoms with E-state index in [2.05, 4.69) is 73.6 Å². The molecule has 0 unspecified atom stereocenters. The van der Waals surface area contributed by atoms with Crippen LogP contribution in [0.1, 0.15) is 24.0 Å². The minimum absolute atomic E-state index is 0. The predicted octanol–water partition coefficient (Wildman–Crippen LogP) is 4.61. The van der Waals surface area contributed by atoms with Crippen molar-refractivity contribution in [1.29, 1.82) is 0 Å². The van der Waals surface area contributed by atoms with Gasteiger partial charge in [-0.1, -0.05) is 48.5 Å². The van der Waals surface area contributed by atoms with Crippen LogP contribution in [-0.4, -0.2) is 32.1 Å². The van der Waals surface area contributed by atoms with Gasteiger partial charge in [0.05, 0.1) is 6.61 Å². The van der Waals surface area contributed by atoms with E-state index in [9.17, 15) is 0 Å². The Balaban J connectivity index is 0.00000264. The van der Waals surface area contributed by atoms with Crippen LogP contribution in [0.2, 0.25) is 0 Å². The van der Waals surface area contributed by atoms with Crippen molar-refractivity contribution in [3.05, 3.63) is 65.7 Å². The zero-order valence-corrected chi connectivity index (χ0v) is 15.0. The second kappa shape index (κ2) is 11.1. The molecule has 0 fully saturated rings. The van der Waals surface area contributed by atoms with E-state index in [0.717, 1.165) is 44.6 Å². The standard InChI is InChI=1S/C20H27NO.ClH/c1-21(2)16-9-17-22-20-15-7-6-13-19(20)14-8-12-18-10-4-3-5-11-18;/h3-7,10-11,13,15H,8-9,12,14,16-17H2,1-2H3;1H. The van der Waals surface area contributed by atoms with Crippen molar-refractivity contribution in [3.8, 4) is 5.75 Å². The summed E-state index contributed by atoms with van der Waals surface area (Å²) in [4.78, 5) is 2.19. The molecule has 2 aromatic rings. The zero-order valence-electron chi connectivity index (χ0n) is 14.2. The van der Waals surface area contributed by atoms with Crippen LogP contribution in [0.4, 0.5) is 0 Å². The number of aryl methyl sites for hydroxylation is 2. The quantitative estimate of drug-likeness (QED) is 0.621. The largest absolute Gasteiger partial charge is 0.493 e. The molecule has 0 saturated heterocycles. The smallest absolute Gasteiger partial charge is 0.122 e. The molecule has 0 bridgehead atoms. The third-order valence-corrected chi connectivity index (χ3v) is 3.73. The molecule has 3 heteroatoms. The summed E-state index contributed by atoms with van der Waals surface area (Å²) < 4.78 is 5.96. The summed E-state index contributed by atoms with van der Waals surface area (Å²) in [6.45, 7) is 1.85. The van der Waals surface area contributed by atoms with Gasteiger partial charge in [-0.3, -0.25) is 0 Å². The lowest BCUT2D eigenvalue weighted by atomic mass is 10.0. The van der Waals surface area contributed by atoms with Gasteiger partial charge in [-0.05, 0) is 57.0 Å². The third-order valence-electron chi connectivity index (χ3n) is 3.73. The van der Waals surface area contributed by atoms with E-state index in [1.165, 1.54) is 11.1 Å². The number of hydrogen-bond acceptors (Lipinski definition) is 2. The highest BCUT2D eigenvalue weighted by atomic mass is 35.5. The molecule has 0 aliphatic heterocycles. The average molecular weight is 334 g/mol. The Bertz CT molecular complexity index is 542. The lowest BCUT2D eigenvalue weighted by Crippen LogP contribution is -2.15. The molecule has 0 N–H and O–H groups in total. The normalized spacial score (nSPS) is 10.4. The van der Waals surface area contributed by atoms with Crippen molar-refractivity contribution in [2.24, 2.45) is 0 Å². The van der Waals surface area contributed by atoms with Gasteiger partial charge in [-0.2, -0.15) is 0 Å². The van der Waals surface area contributed by atoms with Crippen LogP contribution in [0.15, 0.2) is 54.6 Å². The summed E-state index contributed by atoms with van der Waals surface area (Å²) >= 11 is 0. The van der Waals surface area contributed by atoms with E-state index in [1.54, 1.807) is 0 Å². The van der Waals surface area contributed by atoms with Gasteiger partial charge in [0.15, 0.2) is 0 Å². The Labute approximate surface area is 146 Å². The van der Waals surface area contributed by atoms with Crippen molar-refractivity contribution in [2.45, 2.75) is 25.7 Å². The Morgan fingerprint density at radius 3 is 2.26 bits per heavy atom. The Morgan fingerprint density at radius 1 is 0.826 bits per heavy atom. The summed E-state index contributed by atoms with van der Waals surface area (Å²) in [6.07, 6.45) is 4.40. The lowest BCUT2D eigenvalue weighted by molar-refractivity contribution is 0.279. The van der Waals surface area contributed by atoms with Crippen LogP contribution >= 0.6 is 12.4 Å². The molecular weight excluding hydrogens is 306 g/mol. The second-order valence-corrected chi connectivity index (χ2v) is 5.95. The first kappa shape index (κ1) is 19.5. The SMILES string of the molecule is CN(C)CCCOc1ccccc1CCCc1ccccc1.Cl. The maximum Gasteiger partial charge on any atom is 0.122 e. The summed E-state index contributed by atoms with van der Waals surface area (Å²) in [7, 11) is 4.19. The van der Waals surface area contributed by atoms with Crippen molar-refractivity contribution in [2.75, 3.05) is 27.2 Å². The predicted molar refractivity (Wildman–Crippen MR) is 101 cm³/mol. The monoisotopic (exact) mass is 333 g/mol. The molecule has 2 nitrogen and oxygen atoms in total. The molecule has 2 aromatic carbocycles. The van der Waals surface area contributed by atoms with Crippen LogP contribution in [0.25, 0.3) is 0 Å². The van der Waals surface area contributed by atoms with E-state index in [4.69, 9.17) is 4.74 Å². The topological polar surface area (TPSA) is 12.5 Å². The van der Waals surface area contributed by atoms with Crippen molar-refractivity contribution in [3.63, 3.8) is 0 Å². The van der Waals surface area contributed by atoms with Crippen LogP contribution in [0, 0.1) is 0 Å². The molecule has 0 spiro atoms. The van der Waals surface area contributed by atoms with Crippen LogP contribution in [-0.2, 0) is 12.8 Å². The van der Waals surface area contributed by atoms with Gasteiger partial charge in [0.1, 0.15) is 5.75 Å². The molecule has 0 saturated carbocycles. The fraction of sp³-hybridized carbons (Fsp3) is 0.400. The molecule has 0 amide bonds. The van der Waals surface area contributed by atoms with E-state index >= 15 is 0 Å². The van der Waals surface area contributed by atoms with E-state index in [0.29, 0.717) is 0 Å². The molecule has 0 atom stereocenters. The first-order valence-electron chi connectivity index (χ1n) is 8.15. The third kappa shape index (κ3) is 7.54. The van der Waals surface area contributed by atoms with E-state index < -0.39 is 0 Å². The summed E-state index contributed by atoms with van der Waals surface area (Å²) in [5.41, 5.74) is 2.73. The number of para-hydroxylation sites is 1. The number of ether oxygens (including phenoxy) is 1. The summed E-state index contributed by atoms with van der Waals surface area (Å²) in [5.74, 6) is 1.05. The number of halogens is 1. The van der Waals surface area contributed by atoms with Gasteiger partial charge in [-0.25, -0.2) is 0 Å². The first-order valence-corrected chi connectivity index (χ1v) is 8.15. The zero-order chi connectivity index (χ0) is 15.6. The van der Waals surface area contributed by atoms with Crippen molar-refractivity contribution >= 4 is 12.4 Å². The number of nitrogens with zero attached hydrogens (tertiary/aromatic N) is 1. The van der Waals surface area contributed by atoms with Gasteiger partial charge in [0, 0.05) is 6.54 Å². The van der Waals surface area contributed by atoms with Gasteiger partial charge in [0.2, 0.25) is 0 Å². The lowest BCUT2D eigenvalue weighted by Gasteiger charge is -2.13. The maximum absolute atomic E-state index is 5.96. The molecular formula is C20H28ClNO. The van der Waals surface area contributed by atoms with Crippen LogP contribution in [0.5, 0.6) is 5.75 Å². The second-order valence-electron chi connectivity index (χ2n) is 5.95. The molecule has 0 aliphatic carbocycles. The highest BCUT2D eigenvalue weighted by molar-refractivity contribution is 5.85. The average Bonchev–Trinajstić information content (AvgIpc) is 2.54. The minimum Gasteiger partial charge on any atom is -0.493 e. The number of benzene rings is 2. The van der Waals surface area contributed by atoms with Crippen LogP contribution < -0.4 is 4.74 Å². The molecule has 23 heavy (non-hydrogen) atoms. The Hall–Kier alpha value is -1.51. The first-order chi connectivity index (χ1) is 10.8. The van der Waals surface area contributed by atoms with Gasteiger partial charge >= 0.3 is 0 Å². The highest BCUT2D eigenvalue weighted by Crippen LogP contribution is 2.20. The molecule has 126 valence electrons. The van der Waals surface area contributed by atoms with E-state index in [1.807, 2.05) is 0 Å². The maximum atomic E-state index is 5.96. The molecule has 0 aliphatic rings. The Kier molecular flexibility index (Phi) is 9.42. The Morgan fingerprint density at radius 2 is 1.52 bits per heavy atom. The fourth-order valence-corrected chi connectivity index (χ4v) is 2.54. The van der Waals surface area contributed by atoms with Gasteiger partial charge in [-0.15, -0.1) is 12.4 Å². The highest BCUT2D eigenvalue weighted by Gasteiger charge is 2.03. The molecule has 0 radical (unpaired) electrons. The molecule has 2 rings (SSSR count). The number of rotatable bonds is 9. The van der Waals surface area contributed by atoms with Crippen LogP contribution in [0.3, 0.4) is 0 Å². The van der Waals surface area contributed by atoms with E-state index in [-0.39, 0.29) is 12.4 Å². The molecule has 0 aromatic heterocycles. The van der Waals surface area contributed by atoms with Gasteiger partial charge in [0.25, 0.3) is 0 Å². The van der Waals surface area contributed by atoms with Gasteiger partial charge < -0.3 is 9.64 Å².